The van der Waals surface area contributed by atoms with Crippen LogP contribution in [0.15, 0.2) is 41.5 Å². The molecule has 256 valence electrons. The zero-order valence-electron chi connectivity index (χ0n) is 25.0. The third-order valence-corrected chi connectivity index (χ3v) is 8.24. The first kappa shape index (κ1) is 37.1. The first-order valence-electron chi connectivity index (χ1n) is 14.7. The van der Waals surface area contributed by atoms with Gasteiger partial charge in [-0.05, 0) is 79.1 Å². The van der Waals surface area contributed by atoms with Gasteiger partial charge in [-0.25, -0.2) is 5.53 Å². The third-order valence-electron chi connectivity index (χ3n) is 8.24. The molecule has 2 atom stereocenters. The molecule has 1 heterocycles. The molecule has 2 aliphatic rings. The van der Waals surface area contributed by atoms with Crippen molar-refractivity contribution in [2.75, 3.05) is 24.6 Å². The highest BCUT2D eigenvalue weighted by molar-refractivity contribution is 5.78. The molecule has 1 saturated carbocycles. The number of nitrogens with zero attached hydrogens (tertiary/aromatic N) is 3. The van der Waals surface area contributed by atoms with Gasteiger partial charge < -0.3 is 20.6 Å². The maximum Gasteiger partial charge on any atom is 0.416 e. The Kier molecular flexibility index (Phi) is 12.1. The van der Waals surface area contributed by atoms with Crippen molar-refractivity contribution in [2.24, 2.45) is 16.8 Å². The Morgan fingerprint density at radius 1 is 0.935 bits per heavy atom. The van der Waals surface area contributed by atoms with E-state index in [2.05, 4.69) is 5.11 Å². The Morgan fingerprint density at radius 2 is 1.48 bits per heavy atom. The van der Waals surface area contributed by atoms with E-state index in [9.17, 15) is 39.5 Å². The fourth-order valence-electron chi connectivity index (χ4n) is 6.07. The number of anilines is 1. The number of nitrogens with two attached hydrogens (primary N) is 1. The number of nitrogens with one attached hydrogen (secondary N) is 2. The lowest BCUT2D eigenvalue weighted by Crippen LogP contribution is -2.47. The summed E-state index contributed by atoms with van der Waals surface area (Å²) in [7, 11) is 0. The summed E-state index contributed by atoms with van der Waals surface area (Å²) in [5, 5.41) is 19.1. The molecule has 2 aromatic rings. The molecule has 16 heteroatoms. The van der Waals surface area contributed by atoms with Crippen LogP contribution >= 0.6 is 0 Å². The Hall–Kier alpha value is -3.40. The van der Waals surface area contributed by atoms with E-state index in [4.69, 9.17) is 21.8 Å². The van der Waals surface area contributed by atoms with Crippen molar-refractivity contribution in [3.63, 3.8) is 0 Å². The van der Waals surface area contributed by atoms with Crippen LogP contribution in [0.4, 0.5) is 45.2 Å². The Labute approximate surface area is 260 Å². The molecule has 46 heavy (non-hydrogen) atoms. The monoisotopic (exact) mass is 668 g/mol. The molecule has 0 radical (unpaired) electrons. The first-order valence-corrected chi connectivity index (χ1v) is 14.7. The minimum atomic E-state index is -5.11. The molecule has 0 aromatic heterocycles. The van der Waals surface area contributed by atoms with Crippen LogP contribution < -0.4 is 10.6 Å². The van der Waals surface area contributed by atoms with Gasteiger partial charge in [-0.2, -0.15) is 39.5 Å². The van der Waals surface area contributed by atoms with E-state index in [0.717, 1.165) is 42.7 Å². The number of aliphatic hydroxyl groups is 1. The first-order chi connectivity index (χ1) is 21.4. The lowest BCUT2D eigenvalue weighted by molar-refractivity contribution is -0.143. The van der Waals surface area contributed by atoms with Gasteiger partial charge in [0, 0.05) is 31.4 Å². The number of guanidine groups is 1. The third kappa shape index (κ3) is 9.11. The van der Waals surface area contributed by atoms with Gasteiger partial charge in [0.2, 0.25) is 5.96 Å². The van der Waals surface area contributed by atoms with Gasteiger partial charge in [0.25, 0.3) is 0 Å². The van der Waals surface area contributed by atoms with Crippen molar-refractivity contribution in [1.29, 1.82) is 10.9 Å². The number of aliphatic hydroxyl groups excluding tert-OH is 1. The van der Waals surface area contributed by atoms with Crippen molar-refractivity contribution in [3.8, 4) is 0 Å². The highest BCUT2D eigenvalue weighted by atomic mass is 19.4. The van der Waals surface area contributed by atoms with Crippen molar-refractivity contribution < 1.29 is 44.6 Å². The maximum absolute atomic E-state index is 13.8. The summed E-state index contributed by atoms with van der Waals surface area (Å²) in [4.78, 5) is 3.05. The average Bonchev–Trinajstić information content (AvgIpc) is 3.51. The smallest absolute Gasteiger partial charge is 0.395 e. The van der Waals surface area contributed by atoms with Crippen molar-refractivity contribution in [3.05, 3.63) is 64.2 Å². The molecule has 0 saturated heterocycles. The van der Waals surface area contributed by atoms with Gasteiger partial charge >= 0.3 is 18.5 Å². The van der Waals surface area contributed by atoms with Crippen LogP contribution in [0.25, 0.3) is 0 Å². The van der Waals surface area contributed by atoms with Gasteiger partial charge in [0.05, 0.1) is 29.3 Å². The largest absolute Gasteiger partial charge is 0.416 e. The summed E-state index contributed by atoms with van der Waals surface area (Å²) >= 11 is 0. The normalized spacial score (nSPS) is 18.9. The van der Waals surface area contributed by atoms with E-state index in [1.165, 1.54) is 6.07 Å². The molecule has 1 aliphatic carbocycles. The van der Waals surface area contributed by atoms with E-state index in [1.54, 1.807) is 0 Å². The summed E-state index contributed by atoms with van der Waals surface area (Å²) in [5.74, 6) is -0.470. The Morgan fingerprint density at radius 3 is 1.93 bits per heavy atom. The molecule has 0 spiro atoms. The zero-order valence-corrected chi connectivity index (χ0v) is 25.0. The van der Waals surface area contributed by atoms with Crippen LogP contribution in [0.1, 0.15) is 79.3 Å². The van der Waals surface area contributed by atoms with Crippen LogP contribution in [-0.4, -0.2) is 41.7 Å². The van der Waals surface area contributed by atoms with Gasteiger partial charge in [0.1, 0.15) is 0 Å². The standard InChI is InChI=1S/C28H30F9N5.C2H7NO/c1-2-21-13-24(22-12-18(26(29,30)31)7-8-23(22)41(21)14-16-5-3-4-6-16)42(25(38)40-39)15-17-9-19(27(32,33)34)11-20(10-17)28(35,36)37;3-1-2-4/h7-12,16,21,24,38-39H,2-6,13-15H2,1H3;4H,1-3H2. The van der Waals surface area contributed by atoms with Crippen molar-refractivity contribution in [1.82, 2.24) is 4.90 Å². The summed E-state index contributed by atoms with van der Waals surface area (Å²) < 4.78 is 123. The number of fused-ring (bicyclic) bond motifs is 1. The Balaban J connectivity index is 0.00000136. The average molecular weight is 669 g/mol. The topological polar surface area (TPSA) is 113 Å². The Bertz CT molecular complexity index is 1310. The number of hydrogen-bond donors (Lipinski definition) is 4. The van der Waals surface area contributed by atoms with E-state index in [1.807, 2.05) is 11.8 Å². The quantitative estimate of drug-likeness (QED) is 0.103. The van der Waals surface area contributed by atoms with E-state index in [-0.39, 0.29) is 30.7 Å². The van der Waals surface area contributed by atoms with Crippen molar-refractivity contribution >= 4 is 11.6 Å². The minimum Gasteiger partial charge on any atom is -0.395 e. The van der Waals surface area contributed by atoms with E-state index < -0.39 is 59.3 Å². The molecule has 0 bridgehead atoms. The van der Waals surface area contributed by atoms with Gasteiger partial charge in [-0.3, -0.25) is 5.41 Å². The SMILES string of the molecule is CCC1CC(N(Cc2cc(C(F)(F)F)cc(C(F)(F)F)c2)C(=N)N=N)c2cc(C(F)(F)F)ccc2N1CC1CCCC1.NCCO. The molecule has 4 rings (SSSR count). The summed E-state index contributed by atoms with van der Waals surface area (Å²) in [6.07, 6.45) is -10.2. The molecule has 2 unspecified atom stereocenters. The van der Waals surface area contributed by atoms with Gasteiger partial charge in [-0.15, -0.1) is 5.11 Å². The fraction of sp³-hybridized carbons (Fsp3) is 0.567. The second-order valence-electron chi connectivity index (χ2n) is 11.4. The number of benzene rings is 2. The van der Waals surface area contributed by atoms with E-state index >= 15 is 0 Å². The van der Waals surface area contributed by atoms with E-state index in [0.29, 0.717) is 43.2 Å². The van der Waals surface area contributed by atoms with Crippen molar-refractivity contribution in [2.45, 2.75) is 82.6 Å². The van der Waals surface area contributed by atoms with Crippen LogP contribution in [0.3, 0.4) is 0 Å². The predicted octanol–water partition coefficient (Wildman–Crippen LogP) is 8.37. The number of hydrogen-bond acceptors (Lipinski definition) is 5. The molecule has 5 N–H and O–H groups in total. The molecule has 2 aromatic carbocycles. The molecular formula is C30H37F9N6O. The fourth-order valence-corrected chi connectivity index (χ4v) is 6.07. The van der Waals surface area contributed by atoms with Crippen LogP contribution in [0.5, 0.6) is 0 Å². The van der Waals surface area contributed by atoms with Crippen LogP contribution in [0, 0.1) is 16.9 Å². The second kappa shape index (κ2) is 15.0. The number of alkyl halides is 9. The zero-order chi connectivity index (χ0) is 34.4. The van der Waals surface area contributed by atoms with Gasteiger partial charge in [0.15, 0.2) is 0 Å². The highest BCUT2D eigenvalue weighted by Crippen LogP contribution is 2.46. The second-order valence-corrected chi connectivity index (χ2v) is 11.4. The van der Waals surface area contributed by atoms with Crippen LogP contribution in [-0.2, 0) is 25.1 Å². The molecule has 1 aliphatic heterocycles. The number of rotatable bonds is 7. The number of halogens is 9. The van der Waals surface area contributed by atoms with Crippen LogP contribution in [0.2, 0.25) is 0 Å². The molecule has 0 amide bonds. The molecule has 7 nitrogen and oxygen atoms in total. The summed E-state index contributed by atoms with van der Waals surface area (Å²) in [5.41, 5.74) is 8.23. The van der Waals surface area contributed by atoms with Gasteiger partial charge in [-0.1, -0.05) is 19.8 Å². The highest BCUT2D eigenvalue weighted by Gasteiger charge is 2.41. The molecule has 1 fully saturated rings. The maximum atomic E-state index is 13.8. The summed E-state index contributed by atoms with van der Waals surface area (Å²) in [6.45, 7) is 2.23. The lowest BCUT2D eigenvalue weighted by atomic mass is 9.86. The predicted molar refractivity (Wildman–Crippen MR) is 153 cm³/mol. The lowest BCUT2D eigenvalue weighted by Gasteiger charge is -2.46. The minimum absolute atomic E-state index is 0.0203. The molecular weight excluding hydrogens is 631 g/mol. The summed E-state index contributed by atoms with van der Waals surface area (Å²) in [6, 6.07) is 2.90.